The second kappa shape index (κ2) is 10.7. The minimum Gasteiger partial charge on any atom is -0.479 e. The molecule has 0 aromatic heterocycles. The molecule has 3 nitrogen and oxygen atoms in total. The van der Waals surface area contributed by atoms with Crippen molar-refractivity contribution in [2.24, 2.45) is 0 Å². The van der Waals surface area contributed by atoms with Crippen molar-refractivity contribution in [2.45, 2.75) is 64.4 Å². The molecule has 0 aliphatic rings. The van der Waals surface area contributed by atoms with E-state index in [9.17, 15) is 4.79 Å². The number of allylic oxidation sites excluding steroid dienone is 2. The molecule has 0 aliphatic carbocycles. The first kappa shape index (κ1) is 15.2. The van der Waals surface area contributed by atoms with Gasteiger partial charge in [-0.3, -0.25) is 0 Å². The fourth-order valence-electron chi connectivity index (χ4n) is 1.60. The SMILES string of the molecule is CC=CCCCCCCCCC(O)C(=O)O. The van der Waals surface area contributed by atoms with Crippen molar-refractivity contribution >= 4 is 5.97 Å². The van der Waals surface area contributed by atoms with Crippen LogP contribution in [-0.2, 0) is 4.79 Å². The molecule has 0 bridgehead atoms. The van der Waals surface area contributed by atoms with Crippen LogP contribution in [0.1, 0.15) is 58.3 Å². The fourth-order valence-corrected chi connectivity index (χ4v) is 1.60. The zero-order valence-electron chi connectivity index (χ0n) is 10.2. The molecule has 0 aliphatic heterocycles. The third kappa shape index (κ3) is 9.71. The Labute approximate surface area is 98.2 Å². The zero-order valence-corrected chi connectivity index (χ0v) is 10.2. The summed E-state index contributed by atoms with van der Waals surface area (Å²) in [6, 6.07) is 0. The molecule has 0 radical (unpaired) electrons. The molecule has 0 aromatic rings. The third-order valence-corrected chi connectivity index (χ3v) is 2.62. The van der Waals surface area contributed by atoms with E-state index in [0.717, 1.165) is 25.7 Å². The van der Waals surface area contributed by atoms with Crippen molar-refractivity contribution in [2.75, 3.05) is 0 Å². The molecule has 0 saturated carbocycles. The van der Waals surface area contributed by atoms with Crippen LogP contribution in [-0.4, -0.2) is 22.3 Å². The first-order valence-electron chi connectivity index (χ1n) is 6.20. The quantitative estimate of drug-likeness (QED) is 0.446. The van der Waals surface area contributed by atoms with Crippen molar-refractivity contribution in [3.63, 3.8) is 0 Å². The molecular weight excluding hydrogens is 204 g/mol. The van der Waals surface area contributed by atoms with Gasteiger partial charge in [0.15, 0.2) is 6.10 Å². The lowest BCUT2D eigenvalue weighted by Crippen LogP contribution is -2.18. The Morgan fingerprint density at radius 1 is 1.12 bits per heavy atom. The summed E-state index contributed by atoms with van der Waals surface area (Å²) in [6.07, 6.45) is 11.3. The number of unbranched alkanes of at least 4 members (excludes halogenated alkanes) is 6. The molecular formula is C13H24O3. The van der Waals surface area contributed by atoms with Gasteiger partial charge in [0.1, 0.15) is 0 Å². The Balaban J connectivity index is 3.12. The Bertz CT molecular complexity index is 199. The van der Waals surface area contributed by atoms with Crippen LogP contribution in [0.3, 0.4) is 0 Å². The van der Waals surface area contributed by atoms with Crippen molar-refractivity contribution in [3.8, 4) is 0 Å². The number of carboxylic acid groups (broad SMARTS) is 1. The van der Waals surface area contributed by atoms with Crippen molar-refractivity contribution in [1.82, 2.24) is 0 Å². The molecule has 0 saturated heterocycles. The lowest BCUT2D eigenvalue weighted by Gasteiger charge is -2.04. The first-order chi connectivity index (χ1) is 7.68. The average molecular weight is 228 g/mol. The molecule has 0 heterocycles. The summed E-state index contributed by atoms with van der Waals surface area (Å²) in [6.45, 7) is 2.04. The van der Waals surface area contributed by atoms with Gasteiger partial charge in [-0.25, -0.2) is 4.79 Å². The highest BCUT2D eigenvalue weighted by Gasteiger charge is 2.11. The molecule has 2 N–H and O–H groups in total. The molecule has 1 unspecified atom stereocenters. The molecule has 0 rings (SSSR count). The predicted octanol–water partition coefficient (Wildman–Crippen LogP) is 3.13. The van der Waals surface area contributed by atoms with Crippen molar-refractivity contribution < 1.29 is 15.0 Å². The molecule has 0 fully saturated rings. The van der Waals surface area contributed by atoms with Crippen molar-refractivity contribution in [1.29, 1.82) is 0 Å². The lowest BCUT2D eigenvalue weighted by atomic mass is 10.1. The van der Waals surface area contributed by atoms with Crippen molar-refractivity contribution in [3.05, 3.63) is 12.2 Å². The van der Waals surface area contributed by atoms with Gasteiger partial charge in [0.25, 0.3) is 0 Å². The Morgan fingerprint density at radius 2 is 1.69 bits per heavy atom. The van der Waals surface area contributed by atoms with Crippen LogP contribution >= 0.6 is 0 Å². The van der Waals surface area contributed by atoms with Gasteiger partial charge < -0.3 is 10.2 Å². The molecule has 0 aromatic carbocycles. The van der Waals surface area contributed by atoms with E-state index < -0.39 is 12.1 Å². The average Bonchev–Trinajstić information content (AvgIpc) is 2.26. The van der Waals surface area contributed by atoms with E-state index in [-0.39, 0.29) is 0 Å². The minimum absolute atomic E-state index is 0.383. The molecule has 3 heteroatoms. The van der Waals surface area contributed by atoms with E-state index in [1.807, 2.05) is 6.92 Å². The van der Waals surface area contributed by atoms with Gasteiger partial charge in [0.2, 0.25) is 0 Å². The van der Waals surface area contributed by atoms with E-state index in [0.29, 0.717) is 6.42 Å². The number of aliphatic hydroxyl groups excluding tert-OH is 1. The fraction of sp³-hybridized carbons (Fsp3) is 0.769. The molecule has 94 valence electrons. The summed E-state index contributed by atoms with van der Waals surface area (Å²) in [5.74, 6) is -1.11. The minimum atomic E-state index is -1.17. The summed E-state index contributed by atoms with van der Waals surface area (Å²) in [4.78, 5) is 10.3. The van der Waals surface area contributed by atoms with E-state index in [2.05, 4.69) is 12.2 Å². The Morgan fingerprint density at radius 3 is 2.25 bits per heavy atom. The number of carboxylic acids is 1. The maximum Gasteiger partial charge on any atom is 0.332 e. The maximum absolute atomic E-state index is 10.3. The smallest absolute Gasteiger partial charge is 0.332 e. The Hall–Kier alpha value is -0.830. The highest BCUT2D eigenvalue weighted by Crippen LogP contribution is 2.10. The van der Waals surface area contributed by atoms with Crippen LogP contribution in [0.5, 0.6) is 0 Å². The first-order valence-corrected chi connectivity index (χ1v) is 6.20. The Kier molecular flexibility index (Phi) is 10.1. The summed E-state index contributed by atoms with van der Waals surface area (Å²) in [5, 5.41) is 17.5. The van der Waals surface area contributed by atoms with E-state index in [1.54, 1.807) is 0 Å². The van der Waals surface area contributed by atoms with Gasteiger partial charge >= 0.3 is 5.97 Å². The van der Waals surface area contributed by atoms with Gasteiger partial charge in [-0.1, -0.05) is 44.3 Å². The number of hydrogen-bond donors (Lipinski definition) is 2. The van der Waals surface area contributed by atoms with Crippen LogP contribution < -0.4 is 0 Å². The predicted molar refractivity (Wildman–Crippen MR) is 65.4 cm³/mol. The molecule has 0 amide bonds. The number of aliphatic hydroxyl groups is 1. The lowest BCUT2D eigenvalue weighted by molar-refractivity contribution is -0.146. The number of carbonyl (C=O) groups is 1. The monoisotopic (exact) mass is 228 g/mol. The van der Waals surface area contributed by atoms with Crippen LogP contribution in [0.4, 0.5) is 0 Å². The largest absolute Gasteiger partial charge is 0.479 e. The molecule has 0 spiro atoms. The summed E-state index contributed by atoms with van der Waals surface area (Å²) >= 11 is 0. The third-order valence-electron chi connectivity index (χ3n) is 2.62. The van der Waals surface area contributed by atoms with Gasteiger partial charge in [-0.05, 0) is 26.2 Å². The number of rotatable bonds is 10. The van der Waals surface area contributed by atoms with Gasteiger partial charge in [-0.2, -0.15) is 0 Å². The van der Waals surface area contributed by atoms with Gasteiger partial charge in [0.05, 0.1) is 0 Å². The summed E-state index contributed by atoms with van der Waals surface area (Å²) < 4.78 is 0. The standard InChI is InChI=1S/C13H24O3/c1-2-3-4-5-6-7-8-9-10-11-12(14)13(15)16/h2-3,12,14H,4-11H2,1H3,(H,15,16). The maximum atomic E-state index is 10.3. The summed E-state index contributed by atoms with van der Waals surface area (Å²) in [5.41, 5.74) is 0. The van der Waals surface area contributed by atoms with E-state index in [4.69, 9.17) is 10.2 Å². The second-order valence-electron chi connectivity index (χ2n) is 4.12. The molecule has 1 atom stereocenters. The van der Waals surface area contributed by atoms with Gasteiger partial charge in [0, 0.05) is 0 Å². The highest BCUT2D eigenvalue weighted by atomic mass is 16.4. The van der Waals surface area contributed by atoms with Crippen LogP contribution in [0.25, 0.3) is 0 Å². The van der Waals surface area contributed by atoms with Crippen LogP contribution in [0.15, 0.2) is 12.2 Å². The number of hydrogen-bond acceptors (Lipinski definition) is 2. The summed E-state index contributed by atoms with van der Waals surface area (Å²) in [7, 11) is 0. The number of aliphatic carboxylic acids is 1. The highest BCUT2D eigenvalue weighted by molar-refractivity contribution is 5.71. The van der Waals surface area contributed by atoms with Crippen LogP contribution in [0.2, 0.25) is 0 Å². The van der Waals surface area contributed by atoms with E-state index >= 15 is 0 Å². The van der Waals surface area contributed by atoms with Crippen LogP contribution in [0, 0.1) is 0 Å². The molecule has 16 heavy (non-hydrogen) atoms. The normalized spacial score (nSPS) is 13.1. The van der Waals surface area contributed by atoms with E-state index in [1.165, 1.54) is 19.3 Å². The second-order valence-corrected chi connectivity index (χ2v) is 4.12. The topological polar surface area (TPSA) is 57.5 Å². The van der Waals surface area contributed by atoms with Gasteiger partial charge in [-0.15, -0.1) is 0 Å². The zero-order chi connectivity index (χ0) is 12.2.